The molecular weight excluding hydrogens is 456 g/mol. The lowest BCUT2D eigenvalue weighted by atomic mass is 9.81. The maximum atomic E-state index is 12.9. The number of carbonyl (C=O) groups is 1. The van der Waals surface area contributed by atoms with Crippen molar-refractivity contribution in [3.63, 3.8) is 0 Å². The van der Waals surface area contributed by atoms with Crippen LogP contribution in [0.3, 0.4) is 0 Å². The van der Waals surface area contributed by atoms with E-state index in [1.807, 2.05) is 22.8 Å². The zero-order chi connectivity index (χ0) is 24.6. The molecule has 0 spiro atoms. The molecule has 8 heteroatoms. The highest BCUT2D eigenvalue weighted by atomic mass is 16.4. The number of aromatic carboxylic acids is 1. The van der Waals surface area contributed by atoms with Crippen molar-refractivity contribution in [3.8, 4) is 11.3 Å². The molecule has 0 unspecified atom stereocenters. The molecule has 3 N–H and O–H groups in total. The third kappa shape index (κ3) is 2.84. The van der Waals surface area contributed by atoms with E-state index in [1.165, 1.54) is 24.8 Å². The minimum atomic E-state index is -0.932. The average molecular weight is 483 g/mol. The highest BCUT2D eigenvalue weighted by Gasteiger charge is 2.30. The van der Waals surface area contributed by atoms with Gasteiger partial charge in [0.05, 0.1) is 22.2 Å². The highest BCUT2D eigenvalue weighted by molar-refractivity contribution is 6.13. The summed E-state index contributed by atoms with van der Waals surface area (Å²) in [6, 6.07) is 11.5. The zero-order valence-corrected chi connectivity index (χ0v) is 19.8. The van der Waals surface area contributed by atoms with Crippen LogP contribution in [0, 0.1) is 0 Å². The lowest BCUT2D eigenvalue weighted by Crippen LogP contribution is -2.21. The number of aromatic amines is 2. The second kappa shape index (κ2) is 7.71. The molecule has 8 nitrogen and oxygen atoms in total. The number of hydrogen-bond donors (Lipinski definition) is 3. The van der Waals surface area contributed by atoms with Gasteiger partial charge in [0.1, 0.15) is 5.52 Å². The van der Waals surface area contributed by atoms with E-state index < -0.39 is 5.97 Å². The van der Waals surface area contributed by atoms with Crippen molar-refractivity contribution >= 4 is 38.7 Å². The maximum Gasteiger partial charge on any atom is 0.335 e. The fraction of sp³-hybridized carbons (Fsp3) is 0.321. The molecule has 2 aliphatic rings. The summed E-state index contributed by atoms with van der Waals surface area (Å²) in [5, 5.41) is 17.0. The van der Waals surface area contributed by atoms with Crippen LogP contribution in [0.5, 0.6) is 0 Å². The predicted molar refractivity (Wildman–Crippen MR) is 139 cm³/mol. The Hall–Kier alpha value is -4.07. The van der Waals surface area contributed by atoms with E-state index in [9.17, 15) is 19.5 Å². The van der Waals surface area contributed by atoms with Gasteiger partial charge < -0.3 is 14.2 Å². The summed E-state index contributed by atoms with van der Waals surface area (Å²) in [4.78, 5) is 37.6. The monoisotopic (exact) mass is 482 g/mol. The molecule has 1 aliphatic carbocycles. The molecule has 5 aromatic rings. The second-order valence-electron chi connectivity index (χ2n) is 10.1. The standard InChI is InChI=1S/C28H26N4O4/c33-26-22-18-8-4-9-19-23(18)32(25(22)27(34)30-29-26)13-5-12-31-20-14-16(28(35)36)10-11-17(20)21(24(19)31)15-6-2-1-3-7-15/h4,8-11,14-15H,1-3,5-7,12-13H2,(H,29,33)(H,30,34)(H,35,36). The van der Waals surface area contributed by atoms with Crippen LogP contribution in [0.4, 0.5) is 0 Å². The first-order valence-electron chi connectivity index (χ1n) is 12.7. The Morgan fingerprint density at radius 3 is 2.44 bits per heavy atom. The average Bonchev–Trinajstić information content (AvgIpc) is 3.39. The first-order chi connectivity index (χ1) is 17.5. The number of carboxylic acid groups (broad SMARTS) is 1. The van der Waals surface area contributed by atoms with E-state index in [2.05, 4.69) is 20.8 Å². The topological polar surface area (TPSA) is 113 Å². The van der Waals surface area contributed by atoms with Crippen LogP contribution in [0.2, 0.25) is 0 Å². The fourth-order valence-corrected chi connectivity index (χ4v) is 6.75. The quantitative estimate of drug-likeness (QED) is 0.331. The molecule has 36 heavy (non-hydrogen) atoms. The minimum absolute atomic E-state index is 0.283. The lowest BCUT2D eigenvalue weighted by Gasteiger charge is -2.25. The molecule has 0 atom stereocenters. The largest absolute Gasteiger partial charge is 0.478 e. The van der Waals surface area contributed by atoms with Crippen LogP contribution in [0.25, 0.3) is 44.0 Å². The van der Waals surface area contributed by atoms with Crippen LogP contribution >= 0.6 is 0 Å². The SMILES string of the molecule is O=C(O)c1ccc2c(C3CCCCC3)c3n(c2c1)CCCn1c2c-3cccc2c2c(=O)[nH][nH]c(=O)c21. The molecule has 0 bridgehead atoms. The van der Waals surface area contributed by atoms with Crippen LogP contribution in [-0.4, -0.2) is 30.4 Å². The molecule has 2 aromatic carbocycles. The number of hydrogen-bond acceptors (Lipinski definition) is 3. The van der Waals surface area contributed by atoms with Crippen molar-refractivity contribution in [2.24, 2.45) is 0 Å². The molecule has 1 saturated carbocycles. The molecular formula is C28H26N4O4. The highest BCUT2D eigenvalue weighted by Crippen LogP contribution is 2.47. The number of fused-ring (bicyclic) bond motifs is 7. The van der Waals surface area contributed by atoms with Gasteiger partial charge in [-0.15, -0.1) is 0 Å². The predicted octanol–water partition coefficient (Wildman–Crippen LogP) is 4.94. The van der Waals surface area contributed by atoms with E-state index in [1.54, 1.807) is 12.1 Å². The van der Waals surface area contributed by atoms with Gasteiger partial charge in [-0.1, -0.05) is 43.5 Å². The summed E-state index contributed by atoms with van der Waals surface area (Å²) in [6.45, 7) is 1.28. The molecule has 1 aliphatic heterocycles. The number of rotatable bonds is 2. The van der Waals surface area contributed by atoms with Gasteiger partial charge in [0.2, 0.25) is 0 Å². The minimum Gasteiger partial charge on any atom is -0.478 e. The van der Waals surface area contributed by atoms with Crippen molar-refractivity contribution in [3.05, 3.63) is 68.2 Å². The number of aryl methyl sites for hydroxylation is 2. The molecule has 1 fully saturated rings. The Balaban J connectivity index is 1.66. The third-order valence-electron chi connectivity index (χ3n) is 8.20. The Kier molecular flexibility index (Phi) is 4.55. The first kappa shape index (κ1) is 21.2. The fourth-order valence-electron chi connectivity index (χ4n) is 6.75. The number of nitrogens with zero attached hydrogens (tertiary/aromatic N) is 2. The van der Waals surface area contributed by atoms with Crippen molar-refractivity contribution in [2.75, 3.05) is 0 Å². The van der Waals surface area contributed by atoms with E-state index >= 15 is 0 Å². The molecule has 4 heterocycles. The third-order valence-corrected chi connectivity index (χ3v) is 8.20. The van der Waals surface area contributed by atoms with E-state index in [-0.39, 0.29) is 16.7 Å². The van der Waals surface area contributed by atoms with Crippen molar-refractivity contribution in [1.29, 1.82) is 0 Å². The Morgan fingerprint density at radius 1 is 0.861 bits per heavy atom. The molecule has 7 rings (SSSR count). The van der Waals surface area contributed by atoms with Gasteiger partial charge in [-0.05, 0) is 42.9 Å². The van der Waals surface area contributed by atoms with Gasteiger partial charge in [0, 0.05) is 34.9 Å². The van der Waals surface area contributed by atoms with Crippen LogP contribution in [0.15, 0.2) is 46.0 Å². The molecule has 3 aromatic heterocycles. The van der Waals surface area contributed by atoms with Gasteiger partial charge in [0.15, 0.2) is 0 Å². The summed E-state index contributed by atoms with van der Waals surface area (Å²) in [5.74, 6) is -0.550. The number of benzene rings is 2. The Labute approximate surface area is 205 Å². The lowest BCUT2D eigenvalue weighted by molar-refractivity contribution is 0.0697. The van der Waals surface area contributed by atoms with Gasteiger partial charge in [-0.2, -0.15) is 0 Å². The molecule has 182 valence electrons. The van der Waals surface area contributed by atoms with Gasteiger partial charge in [-0.3, -0.25) is 19.8 Å². The second-order valence-corrected chi connectivity index (χ2v) is 10.1. The molecule has 0 saturated heterocycles. The Morgan fingerprint density at radius 2 is 1.64 bits per heavy atom. The number of nitrogens with one attached hydrogen (secondary N) is 2. The van der Waals surface area contributed by atoms with E-state index in [4.69, 9.17) is 0 Å². The summed E-state index contributed by atoms with van der Waals surface area (Å²) in [7, 11) is 0. The van der Waals surface area contributed by atoms with Gasteiger partial charge in [-0.25, -0.2) is 4.79 Å². The van der Waals surface area contributed by atoms with Crippen LogP contribution in [-0.2, 0) is 13.1 Å². The summed E-state index contributed by atoms with van der Waals surface area (Å²) < 4.78 is 4.30. The van der Waals surface area contributed by atoms with Crippen molar-refractivity contribution < 1.29 is 9.90 Å². The van der Waals surface area contributed by atoms with Crippen LogP contribution < -0.4 is 11.1 Å². The molecule has 0 radical (unpaired) electrons. The number of aromatic nitrogens is 4. The van der Waals surface area contributed by atoms with Crippen molar-refractivity contribution in [2.45, 2.75) is 57.5 Å². The number of H-pyrrole nitrogens is 2. The van der Waals surface area contributed by atoms with Gasteiger partial charge >= 0.3 is 5.97 Å². The summed E-state index contributed by atoms with van der Waals surface area (Å²) >= 11 is 0. The normalized spacial score (nSPS) is 16.3. The maximum absolute atomic E-state index is 12.9. The van der Waals surface area contributed by atoms with Gasteiger partial charge in [0.25, 0.3) is 11.1 Å². The summed E-state index contributed by atoms with van der Waals surface area (Å²) in [5.41, 5.74) is 5.31. The van der Waals surface area contributed by atoms with E-state index in [0.29, 0.717) is 29.9 Å². The van der Waals surface area contributed by atoms with Crippen LogP contribution in [0.1, 0.15) is 60.4 Å². The number of carboxylic acids is 1. The molecule has 0 amide bonds. The van der Waals surface area contributed by atoms with Crippen molar-refractivity contribution in [1.82, 2.24) is 19.3 Å². The smallest absolute Gasteiger partial charge is 0.335 e. The zero-order valence-electron chi connectivity index (χ0n) is 19.8. The number of para-hydroxylation sites is 1. The van der Waals surface area contributed by atoms with E-state index in [0.717, 1.165) is 52.3 Å². The summed E-state index contributed by atoms with van der Waals surface area (Å²) in [6.07, 6.45) is 6.55. The first-order valence-corrected chi connectivity index (χ1v) is 12.7. The Bertz CT molecular complexity index is 1830.